The Morgan fingerprint density at radius 2 is 2.15 bits per heavy atom. The van der Waals surface area contributed by atoms with Gasteiger partial charge in [-0.1, -0.05) is 0 Å². The van der Waals surface area contributed by atoms with E-state index in [9.17, 15) is 19.7 Å². The van der Waals surface area contributed by atoms with E-state index in [0.717, 1.165) is 4.90 Å². The quantitative estimate of drug-likeness (QED) is 0.606. The molecule has 1 aromatic heterocycles. The molecule has 1 amide bonds. The number of rotatable bonds is 3. The van der Waals surface area contributed by atoms with Crippen molar-refractivity contribution in [3.8, 4) is 5.75 Å². The van der Waals surface area contributed by atoms with Crippen molar-refractivity contribution >= 4 is 23.3 Å². The Morgan fingerprint density at radius 3 is 2.70 bits per heavy atom. The number of hydrogen-bond acceptors (Lipinski definition) is 6. The van der Waals surface area contributed by atoms with E-state index in [2.05, 4.69) is 4.98 Å². The van der Waals surface area contributed by atoms with Crippen molar-refractivity contribution in [2.24, 2.45) is 0 Å². The molecule has 1 aromatic rings. The first-order chi connectivity index (χ1) is 9.22. The summed E-state index contributed by atoms with van der Waals surface area (Å²) < 4.78 is 5.49. The monoisotopic (exact) mass is 279 g/mol. The molecular weight excluding hydrogens is 266 g/mol. The summed E-state index contributed by atoms with van der Waals surface area (Å²) in [6.07, 6.45) is 0. The molecule has 0 saturated carbocycles. The zero-order chi connectivity index (χ0) is 15.1. The lowest BCUT2D eigenvalue weighted by Gasteiger charge is -2.35. The molecule has 8 heteroatoms. The standard InChI is InChI=1S/C12H13N3O5/c1-7(16)6-14-10-8(20-12(2,3)11(14)17)4-5-9(13-10)15(18)19/h4-5H,6H2,1-3H3. The molecule has 0 bridgehead atoms. The molecule has 2 rings (SSSR count). The van der Waals surface area contributed by atoms with Crippen LogP contribution in [0.25, 0.3) is 0 Å². The molecule has 0 spiro atoms. The van der Waals surface area contributed by atoms with E-state index in [1.165, 1.54) is 19.1 Å². The second kappa shape index (κ2) is 4.55. The fourth-order valence-electron chi connectivity index (χ4n) is 1.91. The number of ether oxygens (including phenoxy) is 1. The topological polar surface area (TPSA) is 103 Å². The molecule has 8 nitrogen and oxygen atoms in total. The van der Waals surface area contributed by atoms with Gasteiger partial charge in [0.25, 0.3) is 11.7 Å². The number of carbonyl (C=O) groups is 2. The molecule has 2 heterocycles. The number of anilines is 1. The van der Waals surface area contributed by atoms with E-state index in [0.29, 0.717) is 0 Å². The lowest BCUT2D eigenvalue weighted by molar-refractivity contribution is -0.389. The molecule has 1 aliphatic heterocycles. The van der Waals surface area contributed by atoms with Gasteiger partial charge in [-0.2, -0.15) is 0 Å². The van der Waals surface area contributed by atoms with Gasteiger partial charge >= 0.3 is 5.82 Å². The van der Waals surface area contributed by atoms with E-state index >= 15 is 0 Å². The first-order valence-corrected chi connectivity index (χ1v) is 5.88. The van der Waals surface area contributed by atoms with E-state index < -0.39 is 22.2 Å². The number of amides is 1. The maximum atomic E-state index is 12.3. The van der Waals surface area contributed by atoms with Gasteiger partial charge in [0.2, 0.25) is 0 Å². The minimum atomic E-state index is -1.15. The molecular formula is C12H13N3O5. The SMILES string of the molecule is CC(=O)CN1C(=O)C(C)(C)Oc2ccc([N+](=O)[O-])nc21. The summed E-state index contributed by atoms with van der Waals surface area (Å²) in [5.41, 5.74) is -1.15. The molecule has 0 fully saturated rings. The molecule has 106 valence electrons. The van der Waals surface area contributed by atoms with Crippen LogP contribution in [0.2, 0.25) is 0 Å². The Bertz CT molecular complexity index is 611. The van der Waals surface area contributed by atoms with Crippen molar-refractivity contribution in [3.63, 3.8) is 0 Å². The molecule has 1 aliphatic rings. The van der Waals surface area contributed by atoms with Crippen LogP contribution in [0.15, 0.2) is 12.1 Å². The number of aromatic nitrogens is 1. The summed E-state index contributed by atoms with van der Waals surface area (Å²) in [5.74, 6) is -0.892. The Morgan fingerprint density at radius 1 is 1.50 bits per heavy atom. The Balaban J connectivity index is 2.56. The van der Waals surface area contributed by atoms with Crippen LogP contribution < -0.4 is 9.64 Å². The second-order valence-corrected chi connectivity index (χ2v) is 4.95. The molecule has 0 aromatic carbocycles. The lowest BCUT2D eigenvalue weighted by atomic mass is 10.1. The first-order valence-electron chi connectivity index (χ1n) is 5.88. The number of nitrogens with zero attached hydrogens (tertiary/aromatic N) is 3. The first kappa shape index (κ1) is 13.9. The number of ketones is 1. The molecule has 0 atom stereocenters. The van der Waals surface area contributed by atoms with Crippen molar-refractivity contribution in [1.82, 2.24) is 4.98 Å². The third-order valence-electron chi connectivity index (χ3n) is 2.77. The molecule has 0 aliphatic carbocycles. The lowest BCUT2D eigenvalue weighted by Crippen LogP contribution is -2.54. The highest BCUT2D eigenvalue weighted by Gasteiger charge is 2.44. The van der Waals surface area contributed by atoms with Gasteiger partial charge in [0.1, 0.15) is 5.78 Å². The average molecular weight is 279 g/mol. The van der Waals surface area contributed by atoms with Gasteiger partial charge in [-0.05, 0) is 36.7 Å². The minimum Gasteiger partial charge on any atom is -0.472 e. The Hall–Kier alpha value is -2.51. The van der Waals surface area contributed by atoms with Crippen molar-refractivity contribution in [1.29, 1.82) is 0 Å². The van der Waals surface area contributed by atoms with Crippen molar-refractivity contribution in [2.75, 3.05) is 11.4 Å². The highest BCUT2D eigenvalue weighted by Crippen LogP contribution is 2.37. The maximum absolute atomic E-state index is 12.3. The minimum absolute atomic E-state index is 0.00118. The number of fused-ring (bicyclic) bond motifs is 1. The highest BCUT2D eigenvalue weighted by atomic mass is 16.6. The van der Waals surface area contributed by atoms with Crippen LogP contribution in [-0.4, -0.2) is 33.7 Å². The fourth-order valence-corrected chi connectivity index (χ4v) is 1.91. The second-order valence-electron chi connectivity index (χ2n) is 4.95. The summed E-state index contributed by atoms with van der Waals surface area (Å²) in [5, 5.41) is 10.8. The van der Waals surface area contributed by atoms with Gasteiger partial charge < -0.3 is 14.9 Å². The molecule has 0 radical (unpaired) electrons. The van der Waals surface area contributed by atoms with Crippen molar-refractivity contribution in [2.45, 2.75) is 26.4 Å². The number of hydrogen-bond donors (Lipinski definition) is 0. The Labute approximate surface area is 114 Å². The van der Waals surface area contributed by atoms with Crippen LogP contribution in [0.5, 0.6) is 5.75 Å². The van der Waals surface area contributed by atoms with Crippen molar-refractivity contribution in [3.05, 3.63) is 22.2 Å². The zero-order valence-electron chi connectivity index (χ0n) is 11.2. The molecule has 0 N–H and O–H groups in total. The highest BCUT2D eigenvalue weighted by molar-refractivity contribution is 6.04. The van der Waals surface area contributed by atoms with Crippen LogP contribution in [0.1, 0.15) is 20.8 Å². The number of carbonyl (C=O) groups excluding carboxylic acids is 2. The zero-order valence-corrected chi connectivity index (χ0v) is 11.2. The normalized spacial score (nSPS) is 16.4. The summed E-state index contributed by atoms with van der Waals surface area (Å²) >= 11 is 0. The van der Waals surface area contributed by atoms with Crippen LogP contribution in [-0.2, 0) is 9.59 Å². The predicted octanol–water partition coefficient (Wildman–Crippen LogP) is 1.08. The third-order valence-corrected chi connectivity index (χ3v) is 2.77. The van der Waals surface area contributed by atoms with Crippen LogP contribution in [0.3, 0.4) is 0 Å². The summed E-state index contributed by atoms with van der Waals surface area (Å²) in [6.45, 7) is 4.25. The summed E-state index contributed by atoms with van der Waals surface area (Å²) in [6, 6.07) is 2.57. The number of Topliss-reactive ketones (excluding diaryl/α,β-unsaturated/α-hetero) is 1. The molecule has 20 heavy (non-hydrogen) atoms. The average Bonchev–Trinajstić information content (AvgIpc) is 2.33. The van der Waals surface area contributed by atoms with E-state index in [1.54, 1.807) is 13.8 Å². The van der Waals surface area contributed by atoms with Crippen LogP contribution in [0.4, 0.5) is 11.6 Å². The summed E-state index contributed by atoms with van der Waals surface area (Å²) in [4.78, 5) is 38.6. The van der Waals surface area contributed by atoms with Crippen LogP contribution in [0, 0.1) is 10.1 Å². The summed E-state index contributed by atoms with van der Waals surface area (Å²) in [7, 11) is 0. The molecule has 0 unspecified atom stereocenters. The van der Waals surface area contributed by atoms with E-state index in [1.807, 2.05) is 0 Å². The number of nitro groups is 1. The van der Waals surface area contributed by atoms with E-state index in [-0.39, 0.29) is 23.9 Å². The van der Waals surface area contributed by atoms with Crippen LogP contribution >= 0.6 is 0 Å². The van der Waals surface area contributed by atoms with Crippen molar-refractivity contribution < 1.29 is 19.2 Å². The van der Waals surface area contributed by atoms with Gasteiger partial charge in [0, 0.05) is 6.07 Å². The number of pyridine rings is 1. The smallest absolute Gasteiger partial charge is 0.366 e. The predicted molar refractivity (Wildman–Crippen MR) is 68.6 cm³/mol. The Kier molecular flexibility index (Phi) is 3.16. The largest absolute Gasteiger partial charge is 0.472 e. The van der Waals surface area contributed by atoms with Gasteiger partial charge in [-0.3, -0.25) is 14.5 Å². The third kappa shape index (κ3) is 2.31. The fraction of sp³-hybridized carbons (Fsp3) is 0.417. The van der Waals surface area contributed by atoms with E-state index in [4.69, 9.17) is 4.74 Å². The van der Waals surface area contributed by atoms with Gasteiger partial charge in [-0.25, -0.2) is 0 Å². The van der Waals surface area contributed by atoms with Gasteiger partial charge in [-0.15, -0.1) is 0 Å². The van der Waals surface area contributed by atoms with Gasteiger partial charge in [0.15, 0.2) is 11.4 Å². The maximum Gasteiger partial charge on any atom is 0.366 e. The van der Waals surface area contributed by atoms with Gasteiger partial charge in [0.05, 0.1) is 6.54 Å². The molecule has 0 saturated heterocycles.